The van der Waals surface area contributed by atoms with E-state index in [1.165, 1.54) is 0 Å². The van der Waals surface area contributed by atoms with E-state index in [9.17, 15) is 4.79 Å². The molecule has 0 aromatic heterocycles. The van der Waals surface area contributed by atoms with Crippen LogP contribution < -0.4 is 0 Å². The van der Waals surface area contributed by atoms with Gasteiger partial charge in [-0.05, 0) is 36.5 Å². The Morgan fingerprint density at radius 1 is 0.931 bits per heavy atom. The van der Waals surface area contributed by atoms with Gasteiger partial charge in [0.25, 0.3) is 0 Å². The van der Waals surface area contributed by atoms with Crippen molar-refractivity contribution in [3.05, 3.63) is 0 Å². The smallest absolute Gasteiger partial charge is 0.176 e. The normalized spacial score (nSPS) is 52.5. The monoisotopic (exact) mass is 408 g/mol. The van der Waals surface area contributed by atoms with E-state index >= 15 is 4.39 Å². The predicted molar refractivity (Wildman–Crippen MR) is 102 cm³/mol. The number of ether oxygens (including phenoxy) is 4. The fourth-order valence-electron chi connectivity index (χ4n) is 8.62. The maximum absolute atomic E-state index is 15.6. The van der Waals surface area contributed by atoms with E-state index in [-0.39, 0.29) is 34.4 Å². The average molecular weight is 409 g/mol. The number of carbonyl (C=O) groups excluding carboxylic acids is 1. The minimum Gasteiger partial charge on any atom is -0.348 e. The number of carbonyl (C=O) groups is 1. The van der Waals surface area contributed by atoms with E-state index in [1.54, 1.807) is 0 Å². The van der Waals surface area contributed by atoms with Crippen molar-refractivity contribution >= 4 is 5.78 Å². The molecular formula is C23H33FO5. The lowest BCUT2D eigenvalue weighted by molar-refractivity contribution is -0.254. The molecule has 6 aliphatic rings. The molecule has 2 heterocycles. The third-order valence-corrected chi connectivity index (χ3v) is 10.0. The van der Waals surface area contributed by atoms with Gasteiger partial charge in [-0.1, -0.05) is 13.8 Å². The number of ketones is 1. The van der Waals surface area contributed by atoms with Gasteiger partial charge in [-0.15, -0.1) is 0 Å². The van der Waals surface area contributed by atoms with Crippen LogP contribution in [0.4, 0.5) is 4.39 Å². The van der Waals surface area contributed by atoms with Crippen molar-refractivity contribution in [2.24, 2.45) is 34.5 Å². The van der Waals surface area contributed by atoms with Gasteiger partial charge >= 0.3 is 0 Å². The summed E-state index contributed by atoms with van der Waals surface area (Å²) in [4.78, 5) is 13.4. The van der Waals surface area contributed by atoms with Crippen LogP contribution in [0.25, 0.3) is 0 Å². The molecule has 0 radical (unpaired) electrons. The van der Waals surface area contributed by atoms with E-state index < -0.39 is 17.7 Å². The molecule has 0 aromatic carbocycles. The average Bonchev–Trinajstić information content (AvgIpc) is 3.38. The van der Waals surface area contributed by atoms with Gasteiger partial charge in [0.2, 0.25) is 0 Å². The summed E-state index contributed by atoms with van der Waals surface area (Å²) in [5.41, 5.74) is -0.435. The lowest BCUT2D eigenvalue weighted by Crippen LogP contribution is -2.61. The Bertz CT molecular complexity index is 714. The molecule has 5 nitrogen and oxygen atoms in total. The van der Waals surface area contributed by atoms with E-state index in [1.807, 2.05) is 0 Å². The molecule has 6 heteroatoms. The zero-order valence-electron chi connectivity index (χ0n) is 17.6. The second kappa shape index (κ2) is 6.02. The lowest BCUT2D eigenvalue weighted by Gasteiger charge is -2.61. The van der Waals surface area contributed by atoms with Gasteiger partial charge in [0.05, 0.1) is 26.4 Å². The van der Waals surface area contributed by atoms with Crippen molar-refractivity contribution in [1.29, 1.82) is 0 Å². The van der Waals surface area contributed by atoms with E-state index in [2.05, 4.69) is 13.8 Å². The minimum absolute atomic E-state index is 0.0349. The zero-order valence-corrected chi connectivity index (χ0v) is 17.6. The summed E-state index contributed by atoms with van der Waals surface area (Å²) in [6.07, 6.45) is 4.20. The van der Waals surface area contributed by atoms with Crippen LogP contribution in [0.2, 0.25) is 0 Å². The van der Waals surface area contributed by atoms with E-state index in [0.717, 1.165) is 25.7 Å². The molecule has 2 spiro atoms. The highest BCUT2D eigenvalue weighted by Gasteiger charge is 2.72. The van der Waals surface area contributed by atoms with Crippen LogP contribution in [0.5, 0.6) is 0 Å². The van der Waals surface area contributed by atoms with Crippen LogP contribution in [-0.4, -0.2) is 50.0 Å². The molecule has 4 saturated carbocycles. The number of alkyl halides is 1. The number of hydrogen-bond donors (Lipinski definition) is 0. The standard InChI is InChI=1S/C23H33FO5/c1-20-5-6-22(26-7-8-27-22)12-16(20)18(25)11-14-15(20)3-4-21(2)19(14)17(24)13-23(21)28-9-10-29-23/h14-17,19H,3-13H2,1-2H3. The molecule has 4 aliphatic carbocycles. The Kier molecular flexibility index (Phi) is 3.98. The van der Waals surface area contributed by atoms with Crippen molar-refractivity contribution in [2.75, 3.05) is 26.4 Å². The van der Waals surface area contributed by atoms with Gasteiger partial charge in [-0.3, -0.25) is 4.79 Å². The molecule has 162 valence electrons. The van der Waals surface area contributed by atoms with Crippen LogP contribution in [-0.2, 0) is 23.7 Å². The first-order valence-electron chi connectivity index (χ1n) is 11.6. The van der Waals surface area contributed by atoms with Crippen LogP contribution in [0.1, 0.15) is 58.8 Å². The first kappa shape index (κ1) is 19.1. The number of rotatable bonds is 0. The van der Waals surface area contributed by atoms with E-state index in [4.69, 9.17) is 18.9 Å². The molecule has 7 atom stereocenters. The van der Waals surface area contributed by atoms with Crippen molar-refractivity contribution in [3.63, 3.8) is 0 Å². The Balaban J connectivity index is 1.34. The fraction of sp³-hybridized carbons (Fsp3) is 0.957. The molecule has 2 aliphatic heterocycles. The molecule has 0 N–H and O–H groups in total. The SMILES string of the molecule is CC12CCC3(CC1C(=O)CC1C2CCC2(C)C1C(F)CC21OCCO1)OCCO3. The second-order valence-electron chi connectivity index (χ2n) is 11.0. The highest BCUT2D eigenvalue weighted by molar-refractivity contribution is 5.83. The minimum atomic E-state index is -0.963. The van der Waals surface area contributed by atoms with Gasteiger partial charge in [-0.25, -0.2) is 4.39 Å². The summed E-state index contributed by atoms with van der Waals surface area (Å²) in [5, 5.41) is 0. The molecule has 2 saturated heterocycles. The summed E-state index contributed by atoms with van der Waals surface area (Å²) in [5.74, 6) is -0.784. The Labute approximate surface area is 172 Å². The Morgan fingerprint density at radius 3 is 2.34 bits per heavy atom. The van der Waals surface area contributed by atoms with Crippen molar-refractivity contribution in [1.82, 2.24) is 0 Å². The number of Topliss-reactive ketones (excluding diaryl/α,β-unsaturated/α-hetero) is 1. The summed E-state index contributed by atoms with van der Waals surface area (Å²) in [6, 6.07) is 0. The van der Waals surface area contributed by atoms with Crippen molar-refractivity contribution in [2.45, 2.75) is 76.5 Å². The number of hydrogen-bond acceptors (Lipinski definition) is 5. The molecule has 0 bridgehead atoms. The fourth-order valence-corrected chi connectivity index (χ4v) is 8.62. The van der Waals surface area contributed by atoms with Gasteiger partial charge in [0, 0.05) is 42.9 Å². The van der Waals surface area contributed by atoms with Gasteiger partial charge in [0.15, 0.2) is 11.6 Å². The third kappa shape index (κ3) is 2.32. The molecular weight excluding hydrogens is 375 g/mol. The van der Waals surface area contributed by atoms with Crippen LogP contribution in [0.15, 0.2) is 0 Å². The van der Waals surface area contributed by atoms with Crippen LogP contribution >= 0.6 is 0 Å². The molecule has 29 heavy (non-hydrogen) atoms. The maximum Gasteiger partial charge on any atom is 0.176 e. The number of fused-ring (bicyclic) bond motifs is 6. The third-order valence-electron chi connectivity index (χ3n) is 10.0. The topological polar surface area (TPSA) is 54.0 Å². The molecule has 6 rings (SSSR count). The van der Waals surface area contributed by atoms with Gasteiger partial charge in [-0.2, -0.15) is 0 Å². The van der Waals surface area contributed by atoms with Crippen molar-refractivity contribution < 1.29 is 28.1 Å². The van der Waals surface area contributed by atoms with E-state index in [0.29, 0.717) is 51.6 Å². The molecule has 6 fully saturated rings. The quantitative estimate of drug-likeness (QED) is 0.613. The summed E-state index contributed by atoms with van der Waals surface area (Å²) < 4.78 is 39.6. The van der Waals surface area contributed by atoms with Gasteiger partial charge < -0.3 is 18.9 Å². The first-order chi connectivity index (χ1) is 13.8. The predicted octanol–water partition coefficient (Wildman–Crippen LogP) is 3.64. The van der Waals surface area contributed by atoms with Gasteiger partial charge in [0.1, 0.15) is 12.0 Å². The van der Waals surface area contributed by atoms with Crippen molar-refractivity contribution in [3.8, 4) is 0 Å². The summed E-state index contributed by atoms with van der Waals surface area (Å²) in [6.45, 7) is 6.78. The lowest BCUT2D eigenvalue weighted by atomic mass is 9.44. The van der Waals surface area contributed by atoms with Crippen LogP contribution in [0, 0.1) is 34.5 Å². The number of halogens is 1. The largest absolute Gasteiger partial charge is 0.348 e. The molecule has 0 amide bonds. The Morgan fingerprint density at radius 2 is 1.62 bits per heavy atom. The van der Waals surface area contributed by atoms with Crippen LogP contribution in [0.3, 0.4) is 0 Å². The molecule has 0 aromatic rings. The summed E-state index contributed by atoms with van der Waals surface area (Å²) >= 11 is 0. The second-order valence-corrected chi connectivity index (χ2v) is 11.0. The zero-order chi connectivity index (χ0) is 20.1. The molecule has 7 unspecified atom stereocenters. The summed E-state index contributed by atoms with van der Waals surface area (Å²) in [7, 11) is 0. The first-order valence-corrected chi connectivity index (χ1v) is 11.6. The maximum atomic E-state index is 15.6. The Hall–Kier alpha value is -0.560. The highest BCUT2D eigenvalue weighted by Crippen LogP contribution is 2.70. The highest BCUT2D eigenvalue weighted by atomic mass is 19.1.